The molecular weight excluding hydrogens is 717 g/mol. The first-order chi connectivity index (χ1) is 28.3. The van der Waals surface area contributed by atoms with Crippen LogP contribution >= 0.6 is 11.3 Å². The average molecular weight is 747 g/mol. The van der Waals surface area contributed by atoms with E-state index in [-0.39, 0.29) is 0 Å². The molecule has 12 rings (SSSR count). The molecule has 0 unspecified atom stereocenters. The van der Waals surface area contributed by atoms with E-state index in [0.717, 1.165) is 55.4 Å². The molecule has 57 heavy (non-hydrogen) atoms. The Labute approximate surface area is 330 Å². The summed E-state index contributed by atoms with van der Waals surface area (Å²) in [7, 11) is 0. The summed E-state index contributed by atoms with van der Waals surface area (Å²) in [6, 6.07) is 63.7. The summed E-state index contributed by atoms with van der Waals surface area (Å²) in [5.74, 6) is 1.85. The summed E-state index contributed by atoms with van der Waals surface area (Å²) in [4.78, 5) is 15.1. The molecule has 0 aliphatic heterocycles. The molecular formula is C51H30N4OS. The molecule has 12 aromatic rings. The minimum Gasteiger partial charge on any atom is -0.455 e. The summed E-state index contributed by atoms with van der Waals surface area (Å²) < 4.78 is 11.8. The Morgan fingerprint density at radius 3 is 1.70 bits per heavy atom. The molecule has 8 aromatic carbocycles. The standard InChI is InChI=1S/C51H30N4OS/c1-3-14-31(15-4-1)49-52-50(32-16-5-2-6-17-32)54-51(53-49)39-23-12-26-43-46(39)38-22-11-21-37(48(38)56-43)36-20-13-27-45-47(36)40-30-33(28-29-44(40)57-45)55-41-24-9-7-18-34(41)35-19-8-10-25-42(35)55/h1-30H. The normalized spacial score (nSPS) is 11.9. The fraction of sp³-hybridized carbons (Fsp3) is 0. The molecule has 0 atom stereocenters. The van der Waals surface area contributed by atoms with E-state index in [0.29, 0.717) is 17.5 Å². The lowest BCUT2D eigenvalue weighted by molar-refractivity contribution is 0.670. The molecule has 4 aromatic heterocycles. The van der Waals surface area contributed by atoms with E-state index < -0.39 is 0 Å². The Bertz CT molecular complexity index is 3420. The van der Waals surface area contributed by atoms with Crippen LogP contribution in [0.4, 0.5) is 0 Å². The van der Waals surface area contributed by atoms with Gasteiger partial charge < -0.3 is 8.98 Å². The predicted molar refractivity (Wildman–Crippen MR) is 236 cm³/mol. The number of hydrogen-bond donors (Lipinski definition) is 0. The molecule has 0 aliphatic rings. The van der Waals surface area contributed by atoms with Crippen LogP contribution in [0.15, 0.2) is 186 Å². The Balaban J connectivity index is 1.07. The fourth-order valence-electron chi connectivity index (χ4n) is 8.55. The zero-order valence-electron chi connectivity index (χ0n) is 30.4. The third-order valence-corrected chi connectivity index (χ3v) is 12.2. The van der Waals surface area contributed by atoms with Crippen molar-refractivity contribution in [2.75, 3.05) is 0 Å². The smallest absolute Gasteiger partial charge is 0.164 e. The molecule has 0 radical (unpaired) electrons. The van der Waals surface area contributed by atoms with Gasteiger partial charge in [-0.2, -0.15) is 0 Å². The first-order valence-corrected chi connectivity index (χ1v) is 19.8. The van der Waals surface area contributed by atoms with Crippen molar-refractivity contribution in [1.29, 1.82) is 0 Å². The Morgan fingerprint density at radius 1 is 0.404 bits per heavy atom. The van der Waals surface area contributed by atoms with Gasteiger partial charge in [0.05, 0.1) is 11.0 Å². The van der Waals surface area contributed by atoms with Gasteiger partial charge in [0.1, 0.15) is 11.2 Å². The van der Waals surface area contributed by atoms with Crippen LogP contribution in [-0.4, -0.2) is 19.5 Å². The number of rotatable bonds is 5. The molecule has 0 fully saturated rings. The molecule has 0 bridgehead atoms. The van der Waals surface area contributed by atoms with Crippen molar-refractivity contribution in [3.8, 4) is 51.0 Å². The predicted octanol–water partition coefficient (Wildman–Crippen LogP) is 13.9. The second-order valence-corrected chi connectivity index (χ2v) is 15.4. The molecule has 4 heterocycles. The van der Waals surface area contributed by atoms with Crippen LogP contribution in [0.5, 0.6) is 0 Å². The van der Waals surface area contributed by atoms with Gasteiger partial charge in [0.15, 0.2) is 17.5 Å². The maximum atomic E-state index is 6.87. The van der Waals surface area contributed by atoms with Crippen LogP contribution in [-0.2, 0) is 0 Å². The molecule has 0 saturated carbocycles. The van der Waals surface area contributed by atoms with Crippen molar-refractivity contribution in [3.05, 3.63) is 182 Å². The Kier molecular flexibility index (Phi) is 7.03. The lowest BCUT2D eigenvalue weighted by Gasteiger charge is -2.10. The minimum absolute atomic E-state index is 0.602. The zero-order valence-corrected chi connectivity index (χ0v) is 31.2. The summed E-state index contributed by atoms with van der Waals surface area (Å²) in [5, 5.41) is 6.96. The van der Waals surface area contributed by atoms with Crippen LogP contribution in [0, 0.1) is 0 Å². The molecule has 6 heteroatoms. The highest BCUT2D eigenvalue weighted by Crippen LogP contribution is 2.46. The third-order valence-electron chi connectivity index (χ3n) is 11.1. The van der Waals surface area contributed by atoms with E-state index in [1.54, 1.807) is 0 Å². The van der Waals surface area contributed by atoms with Gasteiger partial charge in [-0.05, 0) is 48.0 Å². The monoisotopic (exact) mass is 746 g/mol. The SMILES string of the molecule is c1ccc(-c2nc(-c3ccccc3)nc(-c3cccc4oc5c(-c6cccc7sc8ccc(-n9c%10ccccc%10c%10ccccc%109)cc8c67)cccc5c34)n2)cc1. The van der Waals surface area contributed by atoms with Gasteiger partial charge in [-0.25, -0.2) is 15.0 Å². The van der Waals surface area contributed by atoms with Crippen molar-refractivity contribution < 1.29 is 4.42 Å². The van der Waals surface area contributed by atoms with Gasteiger partial charge in [0, 0.05) is 69.7 Å². The van der Waals surface area contributed by atoms with E-state index in [4.69, 9.17) is 19.4 Å². The van der Waals surface area contributed by atoms with Gasteiger partial charge in [-0.15, -0.1) is 11.3 Å². The van der Waals surface area contributed by atoms with Crippen LogP contribution in [0.2, 0.25) is 0 Å². The van der Waals surface area contributed by atoms with Crippen molar-refractivity contribution >= 4 is 75.3 Å². The fourth-order valence-corrected chi connectivity index (χ4v) is 9.67. The maximum absolute atomic E-state index is 6.87. The molecule has 0 saturated heterocycles. The number of thiophene rings is 1. The van der Waals surface area contributed by atoms with Crippen molar-refractivity contribution in [1.82, 2.24) is 19.5 Å². The molecule has 0 amide bonds. The van der Waals surface area contributed by atoms with E-state index in [1.165, 1.54) is 42.0 Å². The van der Waals surface area contributed by atoms with Gasteiger partial charge in [-0.1, -0.05) is 140 Å². The van der Waals surface area contributed by atoms with Crippen LogP contribution in [0.25, 0.3) is 115 Å². The zero-order chi connectivity index (χ0) is 37.5. The highest BCUT2D eigenvalue weighted by molar-refractivity contribution is 7.26. The second kappa shape index (κ2) is 12.6. The highest BCUT2D eigenvalue weighted by Gasteiger charge is 2.21. The number of hydrogen-bond acceptors (Lipinski definition) is 5. The third kappa shape index (κ3) is 4.98. The van der Waals surface area contributed by atoms with Crippen LogP contribution < -0.4 is 0 Å². The van der Waals surface area contributed by atoms with Crippen LogP contribution in [0.3, 0.4) is 0 Å². The van der Waals surface area contributed by atoms with E-state index in [9.17, 15) is 0 Å². The van der Waals surface area contributed by atoms with Gasteiger partial charge >= 0.3 is 0 Å². The highest BCUT2D eigenvalue weighted by atomic mass is 32.1. The van der Waals surface area contributed by atoms with E-state index in [2.05, 4.69) is 114 Å². The van der Waals surface area contributed by atoms with Crippen molar-refractivity contribution in [3.63, 3.8) is 0 Å². The largest absolute Gasteiger partial charge is 0.455 e. The average Bonchev–Trinajstić information content (AvgIpc) is 3.96. The summed E-state index contributed by atoms with van der Waals surface area (Å²) in [6.07, 6.45) is 0. The summed E-state index contributed by atoms with van der Waals surface area (Å²) in [6.45, 7) is 0. The van der Waals surface area contributed by atoms with Gasteiger partial charge in [-0.3, -0.25) is 0 Å². The number of fused-ring (bicyclic) bond motifs is 9. The molecule has 0 N–H and O–H groups in total. The topological polar surface area (TPSA) is 56.7 Å². The van der Waals surface area contributed by atoms with Crippen LogP contribution in [0.1, 0.15) is 0 Å². The summed E-state index contributed by atoms with van der Waals surface area (Å²) in [5.41, 5.74) is 10.1. The minimum atomic E-state index is 0.602. The Hall–Kier alpha value is -7.41. The Morgan fingerprint density at radius 2 is 0.982 bits per heavy atom. The first-order valence-electron chi connectivity index (χ1n) is 19.0. The number of para-hydroxylation sites is 3. The number of furan rings is 1. The number of aromatic nitrogens is 4. The molecule has 5 nitrogen and oxygen atoms in total. The molecule has 0 spiro atoms. The maximum Gasteiger partial charge on any atom is 0.164 e. The number of benzene rings is 8. The summed E-state index contributed by atoms with van der Waals surface area (Å²) >= 11 is 1.83. The van der Waals surface area contributed by atoms with Crippen molar-refractivity contribution in [2.45, 2.75) is 0 Å². The van der Waals surface area contributed by atoms with E-state index >= 15 is 0 Å². The molecule has 0 aliphatic carbocycles. The van der Waals surface area contributed by atoms with Crippen molar-refractivity contribution in [2.24, 2.45) is 0 Å². The van der Waals surface area contributed by atoms with Gasteiger partial charge in [0.2, 0.25) is 0 Å². The second-order valence-electron chi connectivity index (χ2n) is 14.3. The quantitative estimate of drug-likeness (QED) is 0.176. The number of nitrogens with zero attached hydrogens (tertiary/aromatic N) is 4. The first kappa shape index (κ1) is 31.9. The van der Waals surface area contributed by atoms with E-state index in [1.807, 2.05) is 84.1 Å². The lowest BCUT2D eigenvalue weighted by Crippen LogP contribution is -2.00. The lowest BCUT2D eigenvalue weighted by atomic mass is 9.96. The molecule has 266 valence electrons. The van der Waals surface area contributed by atoms with Gasteiger partial charge in [0.25, 0.3) is 0 Å².